The first-order valence-corrected chi connectivity index (χ1v) is 28.8. The third-order valence-corrected chi connectivity index (χ3v) is 12.0. The lowest BCUT2D eigenvalue weighted by Crippen LogP contribution is -2.45. The molecule has 6 aliphatic heterocycles. The Kier molecular flexibility index (Phi) is 29.9. The van der Waals surface area contributed by atoms with Gasteiger partial charge in [-0.2, -0.15) is 81.8 Å². The fraction of sp³-hybridized carbons (Fsp3) is 1.00. The largest absolute Gasteiger partial charge is 0.497 e. The highest BCUT2D eigenvalue weighted by Gasteiger charge is 2.42. The molecule has 16 N–H and O–H groups in total. The molecule has 2 unspecified atom stereocenters. The second-order valence-corrected chi connectivity index (χ2v) is 21.8. The van der Waals surface area contributed by atoms with Crippen molar-refractivity contribution in [3.63, 3.8) is 0 Å². The van der Waals surface area contributed by atoms with Crippen LogP contribution in [0, 0.1) is 0 Å². The molecule has 48 heteroatoms. The molecular formula is C18H56N8O32P8. The highest BCUT2D eigenvalue weighted by molar-refractivity contribution is 7.61. The van der Waals surface area contributed by atoms with E-state index in [0.29, 0.717) is 0 Å². The highest BCUT2D eigenvalue weighted by atomic mass is 31.3. The summed E-state index contributed by atoms with van der Waals surface area (Å²) in [6.07, 6.45) is 0. The first kappa shape index (κ1) is 68.6. The average molecular weight is 1140 g/mol. The number of phosphoric acid groups is 8. The summed E-state index contributed by atoms with van der Waals surface area (Å²) in [6.45, 7) is 1.87. The van der Waals surface area contributed by atoms with Crippen molar-refractivity contribution in [3.05, 3.63) is 0 Å². The lowest BCUT2D eigenvalue weighted by Gasteiger charge is -2.32. The fourth-order valence-electron chi connectivity index (χ4n) is 4.69. The molecule has 6 fully saturated rings. The molecule has 66 heavy (non-hydrogen) atoms. The summed E-state index contributed by atoms with van der Waals surface area (Å²) in [5.41, 5.74) is 0. The topological polar surface area (TPSA) is 560 Å². The van der Waals surface area contributed by atoms with Crippen LogP contribution in [0.1, 0.15) is 14.9 Å². The zero-order valence-corrected chi connectivity index (χ0v) is 39.3. The normalized spacial score (nSPS) is 27.2. The van der Waals surface area contributed by atoms with Crippen molar-refractivity contribution < 1.29 is 152 Å². The Balaban J connectivity index is 0. The van der Waals surface area contributed by atoms with Gasteiger partial charge in [0.25, 0.3) is 0 Å². The van der Waals surface area contributed by atoms with E-state index in [2.05, 4.69) is 41.3 Å². The zero-order valence-electron chi connectivity index (χ0n) is 32.2. The number of rotatable bonds is 12. The molecule has 0 aromatic heterocycles. The van der Waals surface area contributed by atoms with Crippen molar-refractivity contribution in [2.24, 2.45) is 0 Å². The standard InChI is InChI=1S/3C4H12N2O8P2.C4H10N2O7P2.2CH4.H2O/c3*7-15(8,9)13-5-1-2-6(4-3-5)14-16(10,11)12;7-14(8)11-5-1-2-6(4-3-5)12-15(9,10)13-14;;;/h3*1-4H2,(H2,7,8,9)(H2,10,11,12);1-4H2,(H,7,8)(H,9,10);2*1H4;1H2. The third-order valence-electron chi connectivity index (χ3n) is 6.77. The van der Waals surface area contributed by atoms with Gasteiger partial charge in [-0.3, -0.25) is 0 Å². The lowest BCUT2D eigenvalue weighted by atomic mass is 10.4. The van der Waals surface area contributed by atoms with Crippen LogP contribution >= 0.6 is 62.6 Å². The number of hydrogen-bond acceptors (Lipinski definition) is 25. The Morgan fingerprint density at radius 1 is 0.333 bits per heavy atom. The van der Waals surface area contributed by atoms with E-state index in [-0.39, 0.29) is 125 Å². The van der Waals surface area contributed by atoms with Crippen LogP contribution in [0.2, 0.25) is 0 Å². The lowest BCUT2D eigenvalue weighted by molar-refractivity contribution is -0.169. The molecule has 0 spiro atoms. The van der Waals surface area contributed by atoms with Crippen LogP contribution in [0.3, 0.4) is 0 Å². The second-order valence-electron chi connectivity index (χ2n) is 12.0. The van der Waals surface area contributed by atoms with Gasteiger partial charge in [0, 0.05) is 105 Å². The average Bonchev–Trinajstić information content (AvgIpc) is 3.12. The summed E-state index contributed by atoms with van der Waals surface area (Å²) in [7, 11) is -36.7. The molecule has 2 bridgehead atoms. The molecule has 0 saturated carbocycles. The monoisotopic (exact) mass is 1140 g/mol. The van der Waals surface area contributed by atoms with Crippen LogP contribution < -0.4 is 0 Å². The minimum atomic E-state index is -4.59. The molecular weight excluding hydrogens is 1090 g/mol. The maximum absolute atomic E-state index is 11.2. The molecule has 0 amide bonds. The first-order valence-electron chi connectivity index (χ1n) is 16.6. The van der Waals surface area contributed by atoms with Gasteiger partial charge >= 0.3 is 62.6 Å². The fourth-order valence-corrected chi connectivity index (χ4v) is 9.66. The van der Waals surface area contributed by atoms with Gasteiger partial charge in [0.2, 0.25) is 0 Å². The van der Waals surface area contributed by atoms with E-state index in [9.17, 15) is 36.5 Å². The summed E-state index contributed by atoms with van der Waals surface area (Å²) in [6, 6.07) is 0. The Labute approximate surface area is 374 Å². The molecule has 0 radical (unpaired) electrons. The quantitative estimate of drug-likeness (QED) is 0.0831. The summed E-state index contributed by atoms with van der Waals surface area (Å²) in [4.78, 5) is 120. The van der Waals surface area contributed by atoms with Crippen LogP contribution in [0.5, 0.6) is 0 Å². The van der Waals surface area contributed by atoms with Crippen LogP contribution in [0.15, 0.2) is 0 Å². The number of hydroxylamine groups is 16. The van der Waals surface area contributed by atoms with Gasteiger partial charge in [-0.15, -0.1) is 0 Å². The molecule has 6 heterocycles. The maximum atomic E-state index is 11.2. The van der Waals surface area contributed by atoms with E-state index in [1.54, 1.807) is 0 Å². The predicted octanol–water partition coefficient (Wildman–Crippen LogP) is -3.90. The van der Waals surface area contributed by atoms with Crippen LogP contribution in [0.25, 0.3) is 0 Å². The Hall–Kier alpha value is 0.560. The van der Waals surface area contributed by atoms with Crippen molar-refractivity contribution in [2.45, 2.75) is 14.9 Å². The van der Waals surface area contributed by atoms with E-state index >= 15 is 0 Å². The van der Waals surface area contributed by atoms with E-state index in [4.69, 9.17) is 68.5 Å². The SMILES string of the molecule is C.C.O.O=P(O)(O)ON1CCN(OP(=O)(O)O)CC1.O=P(O)(O)ON1CCN(OP(=O)(O)O)CC1.O=P(O)(O)ON1CCN(OP(=O)(O)O)CC1.O=P1(O)ON2CCN(CC2)OP(=O)(O)O1. The number of nitrogens with zero attached hydrogens (tertiary/aromatic N) is 8. The number of fused-ring (bicyclic) bond motifs is 6. The van der Waals surface area contributed by atoms with E-state index < -0.39 is 62.6 Å². The van der Waals surface area contributed by atoms with Crippen molar-refractivity contribution in [1.29, 1.82) is 0 Å². The second kappa shape index (κ2) is 28.7. The summed E-state index contributed by atoms with van der Waals surface area (Å²) < 4.78 is 124. The van der Waals surface area contributed by atoms with Crippen LogP contribution in [0.4, 0.5) is 0 Å². The molecule has 6 saturated heterocycles. The maximum Gasteiger partial charge on any atom is 0.497 e. The molecule has 40 nitrogen and oxygen atoms in total. The predicted molar refractivity (Wildman–Crippen MR) is 211 cm³/mol. The Morgan fingerprint density at radius 2 is 0.470 bits per heavy atom. The molecule has 0 aromatic carbocycles. The molecule has 2 atom stereocenters. The molecule has 6 aliphatic rings. The Morgan fingerprint density at radius 3 is 0.591 bits per heavy atom. The molecule has 0 aromatic rings. The minimum Gasteiger partial charge on any atom is -0.412 e. The van der Waals surface area contributed by atoms with Gasteiger partial charge < -0.3 is 74.0 Å². The van der Waals surface area contributed by atoms with E-state index in [1.807, 2.05) is 0 Å². The first-order chi connectivity index (χ1) is 28.3. The van der Waals surface area contributed by atoms with Gasteiger partial charge in [0.1, 0.15) is 0 Å². The van der Waals surface area contributed by atoms with Crippen molar-refractivity contribution >= 4 is 62.6 Å². The van der Waals surface area contributed by atoms with Gasteiger partial charge in [-0.25, -0.2) is 36.5 Å². The van der Waals surface area contributed by atoms with Crippen molar-refractivity contribution in [1.82, 2.24) is 40.5 Å². The third kappa shape index (κ3) is 34.8. The Bertz CT molecular complexity index is 1530. The number of hydrogen-bond donors (Lipinski definition) is 14. The van der Waals surface area contributed by atoms with E-state index in [1.165, 1.54) is 10.1 Å². The van der Waals surface area contributed by atoms with Gasteiger partial charge in [-0.1, -0.05) is 14.9 Å². The summed E-state index contributed by atoms with van der Waals surface area (Å²) in [5.74, 6) is 0. The molecule has 0 aliphatic carbocycles. The smallest absolute Gasteiger partial charge is 0.412 e. The van der Waals surface area contributed by atoms with Crippen molar-refractivity contribution in [3.8, 4) is 0 Å². The molecule has 400 valence electrons. The summed E-state index contributed by atoms with van der Waals surface area (Å²) in [5, 5.41) is 8.49. The van der Waals surface area contributed by atoms with E-state index in [0.717, 1.165) is 30.4 Å². The van der Waals surface area contributed by atoms with Crippen molar-refractivity contribution in [2.75, 3.05) is 105 Å². The molecule has 6 rings (SSSR count). The summed E-state index contributed by atoms with van der Waals surface area (Å²) >= 11 is 0. The zero-order chi connectivity index (χ0) is 48.3. The van der Waals surface area contributed by atoms with Gasteiger partial charge in [0.05, 0.1) is 0 Å². The minimum absolute atomic E-state index is 0. The number of piperazine rings is 4. The van der Waals surface area contributed by atoms with Crippen LogP contribution in [-0.2, 0) is 77.8 Å². The van der Waals surface area contributed by atoms with Gasteiger partial charge in [-0.05, 0) is 0 Å². The highest BCUT2D eigenvalue weighted by Crippen LogP contribution is 2.62. The van der Waals surface area contributed by atoms with Gasteiger partial charge in [0.15, 0.2) is 0 Å². The van der Waals surface area contributed by atoms with Crippen LogP contribution in [-0.4, -0.2) is 219 Å².